The summed E-state index contributed by atoms with van der Waals surface area (Å²) in [6.07, 6.45) is 0. The van der Waals surface area contributed by atoms with E-state index in [2.05, 4.69) is 20.7 Å². The molecule has 0 atom stereocenters. The van der Waals surface area contributed by atoms with Gasteiger partial charge in [-0.1, -0.05) is 11.2 Å². The first-order valence-electron chi connectivity index (χ1n) is 4.91. The number of phenols is 1. The van der Waals surface area contributed by atoms with Gasteiger partial charge < -0.3 is 5.11 Å². The minimum absolute atomic E-state index is 0.0738. The van der Waals surface area contributed by atoms with Crippen molar-refractivity contribution < 1.29 is 9.90 Å². The van der Waals surface area contributed by atoms with Gasteiger partial charge in [-0.05, 0) is 29.8 Å². The molecule has 0 radical (unpaired) electrons. The highest BCUT2D eigenvalue weighted by atomic mass is 16.3. The Labute approximate surface area is 97.1 Å². The largest absolute Gasteiger partial charge is 0.508 e. The molecule has 0 saturated carbocycles. The van der Waals surface area contributed by atoms with Crippen LogP contribution in [0.2, 0.25) is 0 Å². The van der Waals surface area contributed by atoms with Crippen LogP contribution in [0.1, 0.15) is 15.9 Å². The number of nitrogens with one attached hydrogen (secondary N) is 1. The third-order valence-corrected chi connectivity index (χ3v) is 2.20. The summed E-state index contributed by atoms with van der Waals surface area (Å²) in [7, 11) is 1.60. The monoisotopic (exact) mass is 233 g/mol. The molecule has 0 unspecified atom stereocenters. The van der Waals surface area contributed by atoms with Gasteiger partial charge in [0, 0.05) is 5.56 Å². The van der Waals surface area contributed by atoms with Gasteiger partial charge in [-0.3, -0.25) is 10.1 Å². The Hall–Kier alpha value is -2.44. The number of aromatic nitrogens is 4. The molecule has 0 fully saturated rings. The van der Waals surface area contributed by atoms with E-state index in [4.69, 9.17) is 0 Å². The zero-order valence-electron chi connectivity index (χ0n) is 9.38. The third-order valence-electron chi connectivity index (χ3n) is 2.20. The van der Waals surface area contributed by atoms with Crippen molar-refractivity contribution in [1.29, 1.82) is 0 Å². The zero-order valence-corrected chi connectivity index (χ0v) is 9.38. The van der Waals surface area contributed by atoms with Gasteiger partial charge in [0.1, 0.15) is 5.75 Å². The molecule has 2 rings (SSSR count). The normalized spacial score (nSPS) is 10.2. The lowest BCUT2D eigenvalue weighted by Crippen LogP contribution is -2.13. The predicted molar refractivity (Wildman–Crippen MR) is 59.6 cm³/mol. The van der Waals surface area contributed by atoms with E-state index in [0.717, 1.165) is 0 Å². The van der Waals surface area contributed by atoms with Gasteiger partial charge in [0.25, 0.3) is 11.9 Å². The molecule has 0 bridgehead atoms. The van der Waals surface area contributed by atoms with E-state index in [0.29, 0.717) is 11.1 Å². The van der Waals surface area contributed by atoms with Crippen LogP contribution >= 0.6 is 0 Å². The lowest BCUT2D eigenvalue weighted by molar-refractivity contribution is 0.102. The second-order valence-electron chi connectivity index (χ2n) is 3.56. The van der Waals surface area contributed by atoms with Crippen LogP contribution in [0, 0.1) is 6.92 Å². The topological polar surface area (TPSA) is 92.9 Å². The van der Waals surface area contributed by atoms with E-state index in [-0.39, 0.29) is 11.7 Å². The summed E-state index contributed by atoms with van der Waals surface area (Å²) in [6.45, 7) is 1.75. The second-order valence-corrected chi connectivity index (χ2v) is 3.56. The fraction of sp³-hybridized carbons (Fsp3) is 0.200. The molecule has 0 spiro atoms. The number of benzene rings is 1. The summed E-state index contributed by atoms with van der Waals surface area (Å²) in [5.41, 5.74) is 1.04. The Kier molecular flexibility index (Phi) is 2.73. The standard InChI is InChI=1S/C10H11N5O2/c1-6-3-4-7(5-8(6)16)9(17)11-10-12-14-15(2)13-10/h3-5,16H,1-2H3,(H,11,13,17). The molecule has 0 aliphatic heterocycles. The molecule has 17 heavy (non-hydrogen) atoms. The van der Waals surface area contributed by atoms with Crippen molar-refractivity contribution in [2.75, 3.05) is 5.32 Å². The van der Waals surface area contributed by atoms with Gasteiger partial charge in [0.15, 0.2) is 0 Å². The first kappa shape index (κ1) is 11.1. The van der Waals surface area contributed by atoms with E-state index in [9.17, 15) is 9.90 Å². The highest BCUT2D eigenvalue weighted by Crippen LogP contribution is 2.17. The Bertz CT molecular complexity index is 564. The van der Waals surface area contributed by atoms with Crippen molar-refractivity contribution in [3.63, 3.8) is 0 Å². The maximum Gasteiger partial charge on any atom is 0.270 e. The van der Waals surface area contributed by atoms with Crippen LogP contribution in [0.5, 0.6) is 5.75 Å². The maximum absolute atomic E-state index is 11.7. The summed E-state index contributed by atoms with van der Waals surface area (Å²) < 4.78 is 0. The quantitative estimate of drug-likeness (QED) is 0.786. The molecular formula is C10H11N5O2. The number of tetrazole rings is 1. The molecule has 2 aromatic rings. The average Bonchev–Trinajstić information content (AvgIpc) is 2.68. The minimum Gasteiger partial charge on any atom is -0.508 e. The van der Waals surface area contributed by atoms with Crippen molar-refractivity contribution in [3.05, 3.63) is 29.3 Å². The number of carbonyl (C=O) groups is 1. The zero-order chi connectivity index (χ0) is 12.4. The van der Waals surface area contributed by atoms with E-state index >= 15 is 0 Å². The summed E-state index contributed by atoms with van der Waals surface area (Å²) in [6, 6.07) is 4.66. The third kappa shape index (κ3) is 2.39. The Morgan fingerprint density at radius 1 is 1.47 bits per heavy atom. The van der Waals surface area contributed by atoms with Crippen LogP contribution in [-0.2, 0) is 7.05 Å². The van der Waals surface area contributed by atoms with Gasteiger partial charge in [0.2, 0.25) is 0 Å². The van der Waals surface area contributed by atoms with Gasteiger partial charge >= 0.3 is 0 Å². The number of nitrogens with zero attached hydrogens (tertiary/aromatic N) is 4. The fourth-order valence-corrected chi connectivity index (χ4v) is 1.26. The Morgan fingerprint density at radius 3 is 2.82 bits per heavy atom. The molecule has 0 saturated heterocycles. The number of phenolic OH excluding ortho intramolecular Hbond substituents is 1. The number of hydrogen-bond donors (Lipinski definition) is 2. The molecule has 1 heterocycles. The fourth-order valence-electron chi connectivity index (χ4n) is 1.26. The van der Waals surface area contributed by atoms with E-state index < -0.39 is 5.91 Å². The van der Waals surface area contributed by atoms with Crippen LogP contribution in [-0.4, -0.2) is 31.2 Å². The first-order chi connectivity index (χ1) is 8.06. The van der Waals surface area contributed by atoms with Crippen molar-refractivity contribution in [1.82, 2.24) is 20.2 Å². The lowest BCUT2D eigenvalue weighted by Gasteiger charge is -2.03. The van der Waals surface area contributed by atoms with Crippen molar-refractivity contribution in [2.45, 2.75) is 6.92 Å². The highest BCUT2D eigenvalue weighted by molar-refractivity contribution is 6.03. The molecular weight excluding hydrogens is 222 g/mol. The molecule has 0 aliphatic rings. The molecule has 1 aromatic heterocycles. The van der Waals surface area contributed by atoms with Crippen molar-refractivity contribution in [2.24, 2.45) is 7.05 Å². The summed E-state index contributed by atoms with van der Waals surface area (Å²) in [4.78, 5) is 13.0. The Morgan fingerprint density at radius 2 is 2.24 bits per heavy atom. The van der Waals surface area contributed by atoms with Crippen LogP contribution in [0.15, 0.2) is 18.2 Å². The first-order valence-corrected chi connectivity index (χ1v) is 4.91. The second kappa shape index (κ2) is 4.20. The van der Waals surface area contributed by atoms with Crippen LogP contribution in [0.4, 0.5) is 5.95 Å². The lowest BCUT2D eigenvalue weighted by atomic mass is 10.1. The number of aromatic hydroxyl groups is 1. The van der Waals surface area contributed by atoms with Crippen LogP contribution < -0.4 is 5.32 Å². The minimum atomic E-state index is -0.395. The number of anilines is 1. The van der Waals surface area contributed by atoms with Gasteiger partial charge in [-0.25, -0.2) is 0 Å². The molecule has 7 nitrogen and oxygen atoms in total. The SMILES string of the molecule is Cc1ccc(C(=O)Nc2nnn(C)n2)cc1O. The molecule has 1 amide bonds. The molecule has 0 aliphatic carbocycles. The summed E-state index contributed by atoms with van der Waals surface area (Å²) in [5.74, 6) is -0.199. The average molecular weight is 233 g/mol. The number of hydrogen-bond acceptors (Lipinski definition) is 5. The van der Waals surface area contributed by atoms with E-state index in [1.54, 1.807) is 26.1 Å². The number of amides is 1. The van der Waals surface area contributed by atoms with Crippen LogP contribution in [0.3, 0.4) is 0 Å². The smallest absolute Gasteiger partial charge is 0.270 e. The molecule has 1 aromatic carbocycles. The number of rotatable bonds is 2. The molecule has 88 valence electrons. The molecule has 2 N–H and O–H groups in total. The number of carbonyl (C=O) groups excluding carboxylic acids is 1. The van der Waals surface area contributed by atoms with Crippen molar-refractivity contribution >= 4 is 11.9 Å². The van der Waals surface area contributed by atoms with Gasteiger partial charge in [-0.15, -0.1) is 5.10 Å². The summed E-state index contributed by atoms with van der Waals surface area (Å²) in [5, 5.41) is 23.0. The highest BCUT2D eigenvalue weighted by Gasteiger charge is 2.10. The van der Waals surface area contributed by atoms with Crippen LogP contribution in [0.25, 0.3) is 0 Å². The molecule has 7 heteroatoms. The van der Waals surface area contributed by atoms with Crippen molar-refractivity contribution in [3.8, 4) is 5.75 Å². The Balaban J connectivity index is 2.17. The maximum atomic E-state index is 11.7. The number of aryl methyl sites for hydroxylation is 2. The summed E-state index contributed by atoms with van der Waals surface area (Å²) >= 11 is 0. The van der Waals surface area contributed by atoms with Gasteiger partial charge in [0.05, 0.1) is 7.05 Å². The van der Waals surface area contributed by atoms with Gasteiger partial charge in [-0.2, -0.15) is 4.80 Å². The predicted octanol–water partition coefficient (Wildman–Crippen LogP) is 0.476. The van der Waals surface area contributed by atoms with E-state index in [1.165, 1.54) is 10.9 Å². The van der Waals surface area contributed by atoms with E-state index in [1.807, 2.05) is 0 Å².